The van der Waals surface area contributed by atoms with E-state index in [0.29, 0.717) is 23.1 Å². The number of fused-ring (bicyclic) bond motifs is 1. The summed E-state index contributed by atoms with van der Waals surface area (Å²) < 4.78 is 21.9. The number of pyridine rings is 1. The maximum Gasteiger partial charge on any atom is 0.345 e. The molecule has 0 radical (unpaired) electrons. The summed E-state index contributed by atoms with van der Waals surface area (Å²) in [6, 6.07) is 16.1. The number of carbonyl (C=O) groups is 2. The smallest absolute Gasteiger partial charge is 0.345 e. The molecule has 6 aromatic rings. The van der Waals surface area contributed by atoms with Crippen LogP contribution in [0.4, 0.5) is 15.0 Å². The Balaban J connectivity index is 1.30. The highest BCUT2D eigenvalue weighted by atomic mass is 19.1. The number of amides is 2. The number of hydrogen-bond acceptors (Lipinski definition) is 10. The van der Waals surface area contributed by atoms with Crippen molar-refractivity contribution in [2.75, 3.05) is 26.4 Å². The molecule has 14 nitrogen and oxygen atoms in total. The molecule has 3 N–H and O–H groups in total. The average molecular weight is 636 g/mol. The van der Waals surface area contributed by atoms with E-state index in [4.69, 9.17) is 15.6 Å². The van der Waals surface area contributed by atoms with Crippen LogP contribution in [0.1, 0.15) is 27.7 Å². The highest BCUT2D eigenvalue weighted by Gasteiger charge is 2.26. The quantitative estimate of drug-likeness (QED) is 0.227. The number of aromatic nitrogens is 8. The van der Waals surface area contributed by atoms with Crippen molar-refractivity contribution >= 4 is 28.8 Å². The Kier molecular flexibility index (Phi) is 8.77. The van der Waals surface area contributed by atoms with Gasteiger partial charge in [0.15, 0.2) is 5.65 Å². The fourth-order valence-electron chi connectivity index (χ4n) is 5.23. The zero-order valence-electron chi connectivity index (χ0n) is 25.5. The third-order valence-corrected chi connectivity index (χ3v) is 7.55. The fourth-order valence-corrected chi connectivity index (χ4v) is 5.23. The van der Waals surface area contributed by atoms with Gasteiger partial charge in [-0.2, -0.15) is 14.9 Å². The van der Waals surface area contributed by atoms with Crippen molar-refractivity contribution in [2.45, 2.75) is 19.0 Å². The van der Waals surface area contributed by atoms with Crippen molar-refractivity contribution in [3.63, 3.8) is 0 Å². The van der Waals surface area contributed by atoms with Gasteiger partial charge in [0.05, 0.1) is 24.1 Å². The Bertz CT molecular complexity index is 2020. The van der Waals surface area contributed by atoms with E-state index in [9.17, 15) is 14.0 Å². The maximum atomic E-state index is 13.8. The van der Waals surface area contributed by atoms with Gasteiger partial charge in [-0.25, -0.2) is 28.8 Å². The van der Waals surface area contributed by atoms with Crippen molar-refractivity contribution < 1.29 is 18.7 Å². The highest BCUT2D eigenvalue weighted by molar-refractivity contribution is 5.98. The molecule has 0 aliphatic rings. The van der Waals surface area contributed by atoms with Gasteiger partial charge in [-0.1, -0.05) is 30.3 Å². The van der Waals surface area contributed by atoms with Gasteiger partial charge in [0.2, 0.25) is 0 Å². The molecule has 0 aliphatic carbocycles. The number of hydrogen-bond donors (Lipinski definition) is 2. The maximum absolute atomic E-state index is 13.8. The molecule has 238 valence electrons. The molecule has 1 unspecified atom stereocenters. The molecule has 4 heterocycles. The van der Waals surface area contributed by atoms with Crippen LogP contribution in [0.5, 0.6) is 5.75 Å². The molecule has 0 aliphatic heterocycles. The van der Waals surface area contributed by atoms with E-state index in [1.807, 2.05) is 42.5 Å². The Morgan fingerprint density at radius 2 is 1.89 bits per heavy atom. The molecule has 0 fully saturated rings. The van der Waals surface area contributed by atoms with E-state index in [2.05, 4.69) is 30.4 Å². The number of methoxy groups -OCH3 is 1. The van der Waals surface area contributed by atoms with Crippen LogP contribution in [0.3, 0.4) is 0 Å². The van der Waals surface area contributed by atoms with Crippen molar-refractivity contribution in [2.24, 2.45) is 0 Å². The number of ether oxygens (including phenoxy) is 1. The SMILES string of the molecule is COc1ccc(F)cc1C(=O)NCc1ccc(-c2nn(C(Cc3ccccn3)CN(C)C(=O)n3cncn3)c3ncnc(N)c23)cc1. The number of nitrogens with zero attached hydrogens (tertiary/aromatic N) is 9. The Morgan fingerprint density at radius 1 is 1.06 bits per heavy atom. The lowest BCUT2D eigenvalue weighted by molar-refractivity contribution is 0.0947. The third kappa shape index (κ3) is 6.58. The first kappa shape index (κ1) is 30.8. The zero-order valence-corrected chi connectivity index (χ0v) is 25.5. The number of nitrogens with one attached hydrogen (secondary N) is 1. The standard InChI is InChI=1S/C32H30FN11O3/c1-42(32(46)43-19-35-17-40-43)16-24(14-23-5-3-4-12-36-23)44-30-27(29(34)38-18-39-30)28(41-44)21-8-6-20(7-9-21)15-37-31(45)25-13-22(33)10-11-26(25)47-2/h3-13,17-19,24H,14-16H2,1-2H3,(H,37,45)(H2,34,38,39). The van der Waals surface area contributed by atoms with E-state index >= 15 is 0 Å². The number of benzene rings is 2. The second kappa shape index (κ2) is 13.4. The molecule has 15 heteroatoms. The molecule has 6 rings (SSSR count). The first-order valence-electron chi connectivity index (χ1n) is 14.5. The lowest BCUT2D eigenvalue weighted by atomic mass is 10.1. The number of carbonyl (C=O) groups excluding carboxylic acids is 2. The molecular weight excluding hydrogens is 605 g/mol. The molecule has 0 spiro atoms. The van der Waals surface area contributed by atoms with E-state index in [0.717, 1.165) is 27.6 Å². The lowest BCUT2D eigenvalue weighted by Gasteiger charge is -2.24. The number of anilines is 1. The molecule has 4 aromatic heterocycles. The predicted molar refractivity (Wildman–Crippen MR) is 170 cm³/mol. The van der Waals surface area contributed by atoms with Gasteiger partial charge >= 0.3 is 6.03 Å². The van der Waals surface area contributed by atoms with Crippen LogP contribution in [0.2, 0.25) is 0 Å². The lowest BCUT2D eigenvalue weighted by Crippen LogP contribution is -2.37. The van der Waals surface area contributed by atoms with Crippen molar-refractivity contribution in [3.8, 4) is 17.0 Å². The van der Waals surface area contributed by atoms with Gasteiger partial charge in [0, 0.05) is 44.0 Å². The van der Waals surface area contributed by atoms with Gasteiger partial charge in [-0.05, 0) is 35.9 Å². The van der Waals surface area contributed by atoms with Crippen molar-refractivity contribution in [1.29, 1.82) is 0 Å². The van der Waals surface area contributed by atoms with Crippen molar-refractivity contribution in [1.82, 2.24) is 49.7 Å². The topological polar surface area (TPSA) is 172 Å². The van der Waals surface area contributed by atoms with E-state index in [1.54, 1.807) is 17.9 Å². The number of halogens is 1. The summed E-state index contributed by atoms with van der Waals surface area (Å²) in [6.07, 6.45) is 6.16. The normalized spacial score (nSPS) is 11.7. The number of nitrogen functional groups attached to an aromatic ring is 1. The zero-order chi connectivity index (χ0) is 32.9. The van der Waals surface area contributed by atoms with Crippen LogP contribution in [-0.4, -0.2) is 77.0 Å². The second-order valence-electron chi connectivity index (χ2n) is 10.7. The molecule has 0 saturated carbocycles. The summed E-state index contributed by atoms with van der Waals surface area (Å²) in [5, 5.41) is 12.3. The van der Waals surface area contributed by atoms with Crippen LogP contribution in [0.25, 0.3) is 22.3 Å². The minimum Gasteiger partial charge on any atom is -0.496 e. The van der Waals surface area contributed by atoms with Gasteiger partial charge in [0.25, 0.3) is 5.91 Å². The van der Waals surface area contributed by atoms with Crippen LogP contribution < -0.4 is 15.8 Å². The van der Waals surface area contributed by atoms with Gasteiger partial charge in [-0.15, -0.1) is 0 Å². The highest BCUT2D eigenvalue weighted by Crippen LogP contribution is 2.33. The number of likely N-dealkylation sites (N-methyl/N-ethyl adjacent to an activating group) is 1. The molecule has 1 atom stereocenters. The molecule has 2 aromatic carbocycles. The summed E-state index contributed by atoms with van der Waals surface area (Å²) in [7, 11) is 3.09. The van der Waals surface area contributed by atoms with Crippen LogP contribution in [-0.2, 0) is 13.0 Å². The van der Waals surface area contributed by atoms with Crippen LogP contribution in [0.15, 0.2) is 85.8 Å². The third-order valence-electron chi connectivity index (χ3n) is 7.55. The minimum atomic E-state index is -0.536. The van der Waals surface area contributed by atoms with E-state index in [-0.39, 0.29) is 36.3 Å². The van der Waals surface area contributed by atoms with Gasteiger partial charge < -0.3 is 20.7 Å². The molecule has 2 amide bonds. The van der Waals surface area contributed by atoms with E-state index < -0.39 is 17.8 Å². The number of nitrogens with two attached hydrogens (primary N) is 1. The Morgan fingerprint density at radius 3 is 2.62 bits per heavy atom. The molecular formula is C32H30FN11O3. The summed E-state index contributed by atoms with van der Waals surface area (Å²) in [6.45, 7) is 0.432. The molecule has 47 heavy (non-hydrogen) atoms. The first-order chi connectivity index (χ1) is 22.8. The summed E-state index contributed by atoms with van der Waals surface area (Å²) in [5.41, 5.74) is 9.87. The average Bonchev–Trinajstić information content (AvgIpc) is 3.77. The Hall–Kier alpha value is -6.25. The molecule has 0 bridgehead atoms. The van der Waals surface area contributed by atoms with E-state index in [1.165, 1.54) is 43.1 Å². The van der Waals surface area contributed by atoms with Gasteiger partial charge in [-0.3, -0.25) is 9.78 Å². The first-order valence-corrected chi connectivity index (χ1v) is 14.5. The predicted octanol–water partition coefficient (Wildman–Crippen LogP) is 3.52. The molecule has 0 saturated heterocycles. The summed E-state index contributed by atoms with van der Waals surface area (Å²) in [5.74, 6) is -0.477. The monoisotopic (exact) mass is 635 g/mol. The summed E-state index contributed by atoms with van der Waals surface area (Å²) in [4.78, 5) is 44.5. The summed E-state index contributed by atoms with van der Waals surface area (Å²) >= 11 is 0. The van der Waals surface area contributed by atoms with Crippen LogP contribution >= 0.6 is 0 Å². The van der Waals surface area contributed by atoms with Crippen molar-refractivity contribution in [3.05, 3.63) is 108 Å². The largest absolute Gasteiger partial charge is 0.496 e. The van der Waals surface area contributed by atoms with Gasteiger partial charge in [0.1, 0.15) is 42.1 Å². The van der Waals surface area contributed by atoms with Crippen LogP contribution in [0, 0.1) is 5.82 Å². The number of rotatable bonds is 10. The second-order valence-corrected chi connectivity index (χ2v) is 10.7. The fraction of sp³-hybridized carbons (Fsp3) is 0.188. The Labute approximate surface area is 268 Å². The minimum absolute atomic E-state index is 0.102.